The van der Waals surface area contributed by atoms with Crippen molar-refractivity contribution < 1.29 is 28.5 Å². The number of esters is 1. The number of methoxy groups -OCH3 is 2. The highest BCUT2D eigenvalue weighted by Gasteiger charge is 2.32. The molecule has 0 atom stereocenters. The largest absolute Gasteiger partial charge is 0.497 e. The van der Waals surface area contributed by atoms with E-state index in [0.717, 1.165) is 12.8 Å². The predicted octanol–water partition coefficient (Wildman–Crippen LogP) is 3.64. The van der Waals surface area contributed by atoms with Crippen LogP contribution in [0.4, 0.5) is 0 Å². The molecule has 1 fully saturated rings. The molecule has 0 N–H and O–H groups in total. The van der Waals surface area contributed by atoms with E-state index in [1.165, 1.54) is 7.11 Å². The maximum absolute atomic E-state index is 12.5. The van der Waals surface area contributed by atoms with Gasteiger partial charge in [0.15, 0.2) is 17.3 Å². The van der Waals surface area contributed by atoms with Crippen LogP contribution in [0.25, 0.3) is 6.08 Å². The molecule has 4 rings (SSSR count). The third kappa shape index (κ3) is 3.38. The SMILES string of the molecule is COc1ccc2c(c1)O/C(=C\c1ccc(OC(=O)C3CC3)c(OC)c1)C2=O. The molecule has 0 bridgehead atoms. The Morgan fingerprint density at radius 2 is 1.89 bits per heavy atom. The molecule has 138 valence electrons. The number of rotatable bonds is 5. The van der Waals surface area contributed by atoms with Crippen LogP contribution in [-0.2, 0) is 4.79 Å². The van der Waals surface area contributed by atoms with Crippen LogP contribution in [0.2, 0.25) is 0 Å². The monoisotopic (exact) mass is 366 g/mol. The van der Waals surface area contributed by atoms with Crippen LogP contribution in [0.15, 0.2) is 42.2 Å². The molecular weight excluding hydrogens is 348 g/mol. The molecule has 0 amide bonds. The smallest absolute Gasteiger partial charge is 0.314 e. The number of carbonyl (C=O) groups excluding carboxylic acids is 2. The Morgan fingerprint density at radius 3 is 2.59 bits per heavy atom. The number of carbonyl (C=O) groups is 2. The fraction of sp³-hybridized carbons (Fsp3) is 0.238. The highest BCUT2D eigenvalue weighted by molar-refractivity contribution is 6.14. The van der Waals surface area contributed by atoms with Gasteiger partial charge in [-0.2, -0.15) is 0 Å². The first-order valence-electron chi connectivity index (χ1n) is 8.61. The van der Waals surface area contributed by atoms with E-state index in [4.69, 9.17) is 18.9 Å². The molecule has 1 aliphatic heterocycles. The first-order chi connectivity index (χ1) is 13.1. The minimum absolute atomic E-state index is 0.00323. The van der Waals surface area contributed by atoms with Crippen molar-refractivity contribution in [3.63, 3.8) is 0 Å². The van der Waals surface area contributed by atoms with Crippen molar-refractivity contribution in [1.29, 1.82) is 0 Å². The van der Waals surface area contributed by atoms with Gasteiger partial charge in [0, 0.05) is 6.07 Å². The lowest BCUT2D eigenvalue weighted by Crippen LogP contribution is -2.10. The predicted molar refractivity (Wildman–Crippen MR) is 97.3 cm³/mol. The number of allylic oxidation sites excluding steroid dienone is 1. The third-order valence-corrected chi connectivity index (χ3v) is 4.48. The fourth-order valence-corrected chi connectivity index (χ4v) is 2.81. The molecule has 2 aromatic carbocycles. The zero-order chi connectivity index (χ0) is 19.0. The summed E-state index contributed by atoms with van der Waals surface area (Å²) in [6, 6.07) is 10.2. The Labute approximate surface area is 156 Å². The van der Waals surface area contributed by atoms with Crippen LogP contribution in [0, 0.1) is 5.92 Å². The summed E-state index contributed by atoms with van der Waals surface area (Å²) in [7, 11) is 3.05. The first-order valence-corrected chi connectivity index (χ1v) is 8.61. The van der Waals surface area contributed by atoms with Gasteiger partial charge in [0.05, 0.1) is 25.7 Å². The Bertz CT molecular complexity index is 955. The molecule has 0 radical (unpaired) electrons. The molecule has 0 aromatic heterocycles. The summed E-state index contributed by atoms with van der Waals surface area (Å²) < 4.78 is 21.5. The maximum Gasteiger partial charge on any atom is 0.314 e. The number of hydrogen-bond acceptors (Lipinski definition) is 6. The minimum Gasteiger partial charge on any atom is -0.497 e. The second kappa shape index (κ2) is 6.79. The van der Waals surface area contributed by atoms with E-state index in [-0.39, 0.29) is 23.4 Å². The Morgan fingerprint density at radius 1 is 1.07 bits per heavy atom. The molecular formula is C21H18O6. The van der Waals surface area contributed by atoms with Crippen LogP contribution in [-0.4, -0.2) is 26.0 Å². The highest BCUT2D eigenvalue weighted by atomic mass is 16.6. The number of ketones is 1. The molecule has 1 saturated carbocycles. The molecule has 27 heavy (non-hydrogen) atoms. The molecule has 0 saturated heterocycles. The standard InChI is InChI=1S/C21H18O6/c1-24-14-6-7-15-17(11-14)26-19(20(15)22)10-12-3-8-16(18(9-12)25-2)27-21(23)13-4-5-13/h3,6-11,13H,4-5H2,1-2H3/b19-10-. The topological polar surface area (TPSA) is 71.1 Å². The van der Waals surface area contributed by atoms with Crippen molar-refractivity contribution in [3.05, 3.63) is 53.3 Å². The van der Waals surface area contributed by atoms with E-state index in [2.05, 4.69) is 0 Å². The van der Waals surface area contributed by atoms with Gasteiger partial charge < -0.3 is 18.9 Å². The molecule has 6 heteroatoms. The van der Waals surface area contributed by atoms with Crippen molar-refractivity contribution in [1.82, 2.24) is 0 Å². The lowest BCUT2D eigenvalue weighted by Gasteiger charge is -2.10. The summed E-state index contributed by atoms with van der Waals surface area (Å²) in [5, 5.41) is 0. The number of Topliss-reactive ketones (excluding diaryl/α,β-unsaturated/α-hetero) is 1. The Kier molecular flexibility index (Phi) is 4.32. The van der Waals surface area contributed by atoms with Gasteiger partial charge in [-0.1, -0.05) is 6.07 Å². The van der Waals surface area contributed by atoms with E-state index in [1.54, 1.807) is 49.6 Å². The summed E-state index contributed by atoms with van der Waals surface area (Å²) in [6.45, 7) is 0. The molecule has 0 unspecified atom stereocenters. The summed E-state index contributed by atoms with van der Waals surface area (Å²) in [5.74, 6) is 1.64. The number of hydrogen-bond donors (Lipinski definition) is 0. The summed E-state index contributed by atoms with van der Waals surface area (Å²) in [4.78, 5) is 24.4. The van der Waals surface area contributed by atoms with E-state index in [0.29, 0.717) is 34.1 Å². The maximum atomic E-state index is 12.5. The second-order valence-corrected chi connectivity index (χ2v) is 6.41. The summed E-state index contributed by atoms with van der Waals surface area (Å²) >= 11 is 0. The molecule has 1 heterocycles. The lowest BCUT2D eigenvalue weighted by molar-refractivity contribution is -0.135. The third-order valence-electron chi connectivity index (χ3n) is 4.48. The quantitative estimate of drug-likeness (QED) is 0.457. The number of ether oxygens (including phenoxy) is 4. The van der Waals surface area contributed by atoms with Crippen molar-refractivity contribution >= 4 is 17.8 Å². The summed E-state index contributed by atoms with van der Waals surface area (Å²) in [6.07, 6.45) is 3.37. The van der Waals surface area contributed by atoms with Crippen LogP contribution in [0.5, 0.6) is 23.0 Å². The first kappa shape index (κ1) is 17.1. The zero-order valence-electron chi connectivity index (χ0n) is 15.0. The average Bonchev–Trinajstić information content (AvgIpc) is 3.49. The molecule has 0 spiro atoms. The Hall–Kier alpha value is -3.28. The van der Waals surface area contributed by atoms with E-state index in [9.17, 15) is 9.59 Å². The van der Waals surface area contributed by atoms with E-state index >= 15 is 0 Å². The van der Waals surface area contributed by atoms with Gasteiger partial charge in [0.1, 0.15) is 11.5 Å². The number of fused-ring (bicyclic) bond motifs is 1. The molecule has 1 aliphatic carbocycles. The fourth-order valence-electron chi connectivity index (χ4n) is 2.81. The van der Waals surface area contributed by atoms with Gasteiger partial charge in [0.2, 0.25) is 5.78 Å². The van der Waals surface area contributed by atoms with Crippen molar-refractivity contribution in [2.75, 3.05) is 14.2 Å². The highest BCUT2D eigenvalue weighted by Crippen LogP contribution is 2.37. The van der Waals surface area contributed by atoms with Gasteiger partial charge in [-0.15, -0.1) is 0 Å². The van der Waals surface area contributed by atoms with Gasteiger partial charge in [-0.3, -0.25) is 9.59 Å². The van der Waals surface area contributed by atoms with Crippen LogP contribution in [0.1, 0.15) is 28.8 Å². The molecule has 2 aliphatic rings. The van der Waals surface area contributed by atoms with Gasteiger partial charge in [-0.25, -0.2) is 0 Å². The van der Waals surface area contributed by atoms with E-state index < -0.39 is 0 Å². The second-order valence-electron chi connectivity index (χ2n) is 6.41. The minimum atomic E-state index is -0.238. The van der Waals surface area contributed by atoms with Crippen LogP contribution < -0.4 is 18.9 Å². The molecule has 2 aromatic rings. The average molecular weight is 366 g/mol. The lowest BCUT2D eigenvalue weighted by atomic mass is 10.1. The van der Waals surface area contributed by atoms with Gasteiger partial charge in [-0.05, 0) is 48.7 Å². The van der Waals surface area contributed by atoms with Crippen LogP contribution in [0.3, 0.4) is 0 Å². The Balaban J connectivity index is 1.58. The van der Waals surface area contributed by atoms with E-state index in [1.807, 2.05) is 0 Å². The van der Waals surface area contributed by atoms with Crippen molar-refractivity contribution in [2.45, 2.75) is 12.8 Å². The normalized spacial score (nSPS) is 16.7. The van der Waals surface area contributed by atoms with Crippen LogP contribution >= 0.6 is 0 Å². The van der Waals surface area contributed by atoms with Crippen molar-refractivity contribution in [3.8, 4) is 23.0 Å². The molecule has 6 nitrogen and oxygen atoms in total. The van der Waals surface area contributed by atoms with Crippen molar-refractivity contribution in [2.24, 2.45) is 5.92 Å². The zero-order valence-corrected chi connectivity index (χ0v) is 15.0. The van der Waals surface area contributed by atoms with Gasteiger partial charge >= 0.3 is 5.97 Å². The van der Waals surface area contributed by atoms with Gasteiger partial charge in [0.25, 0.3) is 0 Å². The summed E-state index contributed by atoms with van der Waals surface area (Å²) in [5.41, 5.74) is 1.19. The number of benzene rings is 2.